The van der Waals surface area contributed by atoms with Crippen molar-refractivity contribution in [2.24, 2.45) is 0 Å². The zero-order valence-corrected chi connectivity index (χ0v) is 12.9. The molecule has 110 valence electrons. The van der Waals surface area contributed by atoms with E-state index >= 15 is 0 Å². The Morgan fingerprint density at radius 1 is 1.00 bits per heavy atom. The minimum Gasteiger partial charge on any atom is -0.372 e. The third kappa shape index (κ3) is 3.17. The molecule has 2 nitrogen and oxygen atoms in total. The second-order valence-electron chi connectivity index (χ2n) is 5.82. The lowest BCUT2D eigenvalue weighted by molar-refractivity contribution is 0.134. The van der Waals surface area contributed by atoms with Gasteiger partial charge in [-0.3, -0.25) is 0 Å². The first-order valence-corrected chi connectivity index (χ1v) is 7.77. The number of hydrogen-bond acceptors (Lipinski definition) is 2. The van der Waals surface area contributed by atoms with Gasteiger partial charge < -0.3 is 10.1 Å². The molecule has 0 spiro atoms. The van der Waals surface area contributed by atoms with E-state index in [1.807, 2.05) is 0 Å². The monoisotopic (exact) mass is 281 g/mol. The highest BCUT2D eigenvalue weighted by molar-refractivity contribution is 5.39. The Labute approximate surface area is 127 Å². The van der Waals surface area contributed by atoms with E-state index in [0.717, 1.165) is 26.2 Å². The van der Waals surface area contributed by atoms with E-state index in [-0.39, 0.29) is 6.04 Å². The van der Waals surface area contributed by atoms with E-state index in [1.165, 1.54) is 27.8 Å². The summed E-state index contributed by atoms with van der Waals surface area (Å²) < 4.78 is 5.53. The summed E-state index contributed by atoms with van der Waals surface area (Å²) in [6, 6.07) is 15.8. The number of rotatable bonds is 5. The maximum Gasteiger partial charge on any atom is 0.0725 e. The zero-order chi connectivity index (χ0) is 14.7. The van der Waals surface area contributed by atoms with Crippen molar-refractivity contribution in [3.05, 3.63) is 70.3 Å². The number of fused-ring (bicyclic) bond motifs is 1. The third-order valence-electron chi connectivity index (χ3n) is 4.09. The molecule has 1 atom stereocenters. The fraction of sp³-hybridized carbons (Fsp3) is 0.368. The van der Waals surface area contributed by atoms with Gasteiger partial charge >= 0.3 is 0 Å². The van der Waals surface area contributed by atoms with Gasteiger partial charge in [0, 0.05) is 0 Å². The molecule has 2 aromatic carbocycles. The van der Waals surface area contributed by atoms with Crippen LogP contribution in [0.15, 0.2) is 42.5 Å². The van der Waals surface area contributed by atoms with Crippen LogP contribution in [0.25, 0.3) is 0 Å². The van der Waals surface area contributed by atoms with E-state index in [0.29, 0.717) is 0 Å². The predicted molar refractivity (Wildman–Crippen MR) is 86.3 cm³/mol. The summed E-state index contributed by atoms with van der Waals surface area (Å²) in [7, 11) is 0. The molecule has 0 fully saturated rings. The van der Waals surface area contributed by atoms with Crippen LogP contribution in [0.4, 0.5) is 0 Å². The van der Waals surface area contributed by atoms with Crippen molar-refractivity contribution in [2.45, 2.75) is 39.5 Å². The molecular weight excluding hydrogens is 258 g/mol. The lowest BCUT2D eigenvalue weighted by atomic mass is 9.95. The van der Waals surface area contributed by atoms with Gasteiger partial charge in [0.15, 0.2) is 0 Å². The Kier molecular flexibility index (Phi) is 4.37. The molecule has 1 N–H and O–H groups in total. The van der Waals surface area contributed by atoms with Gasteiger partial charge in [-0.25, -0.2) is 0 Å². The van der Waals surface area contributed by atoms with Crippen LogP contribution in [0.2, 0.25) is 0 Å². The van der Waals surface area contributed by atoms with Crippen LogP contribution in [0.5, 0.6) is 0 Å². The summed E-state index contributed by atoms with van der Waals surface area (Å²) in [6.07, 6.45) is 1.14. The van der Waals surface area contributed by atoms with Gasteiger partial charge in [0.1, 0.15) is 0 Å². The lowest BCUT2D eigenvalue weighted by Gasteiger charge is -2.20. The quantitative estimate of drug-likeness (QED) is 0.890. The Morgan fingerprint density at radius 2 is 1.71 bits per heavy atom. The number of ether oxygens (including phenoxy) is 1. The fourth-order valence-corrected chi connectivity index (χ4v) is 2.85. The van der Waals surface area contributed by atoms with Gasteiger partial charge in [0.2, 0.25) is 0 Å². The topological polar surface area (TPSA) is 21.3 Å². The van der Waals surface area contributed by atoms with Crippen LogP contribution < -0.4 is 5.32 Å². The van der Waals surface area contributed by atoms with Gasteiger partial charge in [0.05, 0.1) is 19.3 Å². The number of aryl methyl sites for hydroxylation is 1. The number of benzene rings is 2. The van der Waals surface area contributed by atoms with Gasteiger partial charge in [-0.15, -0.1) is 0 Å². The molecule has 0 radical (unpaired) electrons. The van der Waals surface area contributed by atoms with Crippen LogP contribution in [-0.2, 0) is 18.0 Å². The van der Waals surface area contributed by atoms with Crippen molar-refractivity contribution >= 4 is 0 Å². The highest BCUT2D eigenvalue weighted by Crippen LogP contribution is 2.27. The first kappa shape index (κ1) is 14.3. The first-order valence-electron chi connectivity index (χ1n) is 7.77. The molecule has 0 saturated heterocycles. The summed E-state index contributed by atoms with van der Waals surface area (Å²) >= 11 is 0. The first-order chi connectivity index (χ1) is 10.3. The van der Waals surface area contributed by atoms with Crippen molar-refractivity contribution in [3.63, 3.8) is 0 Å². The standard InChI is InChI=1S/C19H23NO/c1-3-10-20-19(15-6-4-14(2)5-7-15)16-8-9-17-12-21-13-18(17)11-16/h4-9,11,19-20H,3,10,12-13H2,1-2H3. The summed E-state index contributed by atoms with van der Waals surface area (Å²) in [5.74, 6) is 0. The lowest BCUT2D eigenvalue weighted by Crippen LogP contribution is -2.23. The SMILES string of the molecule is CCCNC(c1ccc(C)cc1)c1ccc2c(c1)COC2. The molecule has 0 bridgehead atoms. The number of hydrogen-bond donors (Lipinski definition) is 1. The number of nitrogens with one attached hydrogen (secondary N) is 1. The van der Waals surface area contributed by atoms with E-state index in [2.05, 4.69) is 61.6 Å². The smallest absolute Gasteiger partial charge is 0.0725 e. The van der Waals surface area contributed by atoms with Crippen LogP contribution >= 0.6 is 0 Å². The van der Waals surface area contributed by atoms with Gasteiger partial charge in [-0.1, -0.05) is 55.0 Å². The van der Waals surface area contributed by atoms with E-state index < -0.39 is 0 Å². The molecule has 2 heteroatoms. The second kappa shape index (κ2) is 6.42. The Bertz CT molecular complexity index is 603. The van der Waals surface area contributed by atoms with Gasteiger partial charge in [-0.05, 0) is 42.1 Å². The van der Waals surface area contributed by atoms with E-state index in [4.69, 9.17) is 4.74 Å². The second-order valence-corrected chi connectivity index (χ2v) is 5.82. The molecule has 3 rings (SSSR count). The molecule has 0 saturated carbocycles. The van der Waals surface area contributed by atoms with Crippen molar-refractivity contribution in [1.82, 2.24) is 5.32 Å². The van der Waals surface area contributed by atoms with Gasteiger partial charge in [-0.2, -0.15) is 0 Å². The zero-order valence-electron chi connectivity index (χ0n) is 12.9. The summed E-state index contributed by atoms with van der Waals surface area (Å²) in [5.41, 5.74) is 6.62. The minimum absolute atomic E-state index is 0.261. The highest BCUT2D eigenvalue weighted by Gasteiger charge is 2.17. The maximum atomic E-state index is 5.53. The van der Waals surface area contributed by atoms with Crippen molar-refractivity contribution < 1.29 is 4.74 Å². The van der Waals surface area contributed by atoms with Crippen LogP contribution in [-0.4, -0.2) is 6.54 Å². The average molecular weight is 281 g/mol. The van der Waals surface area contributed by atoms with E-state index in [9.17, 15) is 0 Å². The Morgan fingerprint density at radius 3 is 2.48 bits per heavy atom. The Balaban J connectivity index is 1.93. The molecular formula is C19H23NO. The van der Waals surface area contributed by atoms with Crippen LogP contribution in [0, 0.1) is 6.92 Å². The molecule has 1 aliphatic rings. The van der Waals surface area contributed by atoms with Crippen molar-refractivity contribution in [3.8, 4) is 0 Å². The van der Waals surface area contributed by atoms with E-state index in [1.54, 1.807) is 0 Å². The third-order valence-corrected chi connectivity index (χ3v) is 4.09. The van der Waals surface area contributed by atoms with Crippen LogP contribution in [0.1, 0.15) is 47.2 Å². The van der Waals surface area contributed by atoms with Crippen molar-refractivity contribution in [1.29, 1.82) is 0 Å². The normalized spacial score (nSPS) is 15.0. The van der Waals surface area contributed by atoms with Gasteiger partial charge in [0.25, 0.3) is 0 Å². The summed E-state index contributed by atoms with van der Waals surface area (Å²) in [6.45, 7) is 6.86. The fourth-order valence-electron chi connectivity index (χ4n) is 2.85. The molecule has 21 heavy (non-hydrogen) atoms. The molecule has 1 heterocycles. The Hall–Kier alpha value is -1.64. The largest absolute Gasteiger partial charge is 0.372 e. The molecule has 2 aromatic rings. The van der Waals surface area contributed by atoms with Crippen LogP contribution in [0.3, 0.4) is 0 Å². The molecule has 1 aliphatic heterocycles. The molecule has 0 aromatic heterocycles. The highest BCUT2D eigenvalue weighted by atomic mass is 16.5. The predicted octanol–water partition coefficient (Wildman–Crippen LogP) is 4.11. The molecule has 0 aliphatic carbocycles. The average Bonchev–Trinajstić information content (AvgIpc) is 2.97. The summed E-state index contributed by atoms with van der Waals surface area (Å²) in [4.78, 5) is 0. The minimum atomic E-state index is 0.261. The summed E-state index contributed by atoms with van der Waals surface area (Å²) in [5, 5.41) is 3.67. The maximum absolute atomic E-state index is 5.53. The molecule has 0 amide bonds. The van der Waals surface area contributed by atoms with Crippen molar-refractivity contribution in [2.75, 3.05) is 6.54 Å². The molecule has 1 unspecified atom stereocenters.